The third-order valence-corrected chi connectivity index (χ3v) is 2.71. The third kappa shape index (κ3) is 3.22. The Morgan fingerprint density at radius 3 is 2.28 bits per heavy atom. The van der Waals surface area contributed by atoms with E-state index in [1.807, 2.05) is 36.4 Å². The van der Waals surface area contributed by atoms with Crippen molar-refractivity contribution < 1.29 is 9.90 Å². The first-order chi connectivity index (χ1) is 8.65. The van der Waals surface area contributed by atoms with Gasteiger partial charge < -0.3 is 5.11 Å². The summed E-state index contributed by atoms with van der Waals surface area (Å²) in [5, 5.41) is 9.47. The van der Waals surface area contributed by atoms with Crippen LogP contribution in [0, 0.1) is 0 Å². The molecule has 0 amide bonds. The molecule has 0 atom stereocenters. The molecule has 0 saturated carbocycles. The predicted molar refractivity (Wildman–Crippen MR) is 73.8 cm³/mol. The molecule has 0 unspecified atom stereocenters. The van der Waals surface area contributed by atoms with E-state index in [1.54, 1.807) is 24.3 Å². The summed E-state index contributed by atoms with van der Waals surface area (Å²) in [6.07, 6.45) is 3.85. The van der Waals surface area contributed by atoms with E-state index in [0.717, 1.165) is 11.1 Å². The summed E-state index contributed by atoms with van der Waals surface area (Å²) in [6, 6.07) is 14.2. The minimum atomic E-state index is -0.916. The Bertz CT molecular complexity index is 586. The summed E-state index contributed by atoms with van der Waals surface area (Å²) in [5.74, 6) is -0.916. The van der Waals surface area contributed by atoms with E-state index in [1.165, 1.54) is 0 Å². The zero-order valence-corrected chi connectivity index (χ0v) is 10.3. The lowest BCUT2D eigenvalue weighted by molar-refractivity contribution is 0.0697. The maximum Gasteiger partial charge on any atom is 0.335 e. The predicted octanol–water partition coefficient (Wildman–Crippen LogP) is 4.21. The minimum Gasteiger partial charge on any atom is -0.478 e. The zero-order valence-electron chi connectivity index (χ0n) is 9.51. The Morgan fingerprint density at radius 2 is 1.67 bits per heavy atom. The largest absolute Gasteiger partial charge is 0.478 e. The molecule has 0 aromatic heterocycles. The highest BCUT2D eigenvalue weighted by Gasteiger charge is 1.99. The normalized spacial score (nSPS) is 10.7. The van der Waals surface area contributed by atoms with Crippen molar-refractivity contribution in [1.82, 2.24) is 0 Å². The number of rotatable bonds is 3. The fraction of sp³-hybridized carbons (Fsp3) is 0. The lowest BCUT2D eigenvalue weighted by Gasteiger charge is -1.97. The van der Waals surface area contributed by atoms with E-state index in [4.69, 9.17) is 16.7 Å². The van der Waals surface area contributed by atoms with Crippen molar-refractivity contribution in [2.45, 2.75) is 0 Å². The first-order valence-corrected chi connectivity index (χ1v) is 5.80. The molecule has 0 aliphatic heterocycles. The molecule has 2 aromatic carbocycles. The van der Waals surface area contributed by atoms with Gasteiger partial charge in [0.15, 0.2) is 0 Å². The van der Waals surface area contributed by atoms with E-state index in [9.17, 15) is 4.79 Å². The highest BCUT2D eigenvalue weighted by atomic mass is 35.5. The van der Waals surface area contributed by atoms with Gasteiger partial charge in [-0.1, -0.05) is 48.0 Å². The average Bonchev–Trinajstić information content (AvgIpc) is 2.37. The van der Waals surface area contributed by atoms with Crippen LogP contribution in [0.15, 0.2) is 48.5 Å². The Hall–Kier alpha value is -2.06. The van der Waals surface area contributed by atoms with Gasteiger partial charge in [-0.3, -0.25) is 0 Å². The van der Waals surface area contributed by atoms with E-state index in [0.29, 0.717) is 5.02 Å². The third-order valence-electron chi connectivity index (χ3n) is 2.47. The van der Waals surface area contributed by atoms with Gasteiger partial charge in [0.25, 0.3) is 0 Å². The highest BCUT2D eigenvalue weighted by molar-refractivity contribution is 6.30. The molecule has 3 heteroatoms. The molecule has 0 fully saturated rings. The molecule has 0 heterocycles. The zero-order chi connectivity index (χ0) is 13.0. The maximum absolute atomic E-state index is 10.7. The Kier molecular flexibility index (Phi) is 3.80. The van der Waals surface area contributed by atoms with Gasteiger partial charge in [-0.15, -0.1) is 0 Å². The second-order valence-corrected chi connectivity index (χ2v) is 4.25. The lowest BCUT2D eigenvalue weighted by atomic mass is 10.1. The van der Waals surface area contributed by atoms with Crippen LogP contribution in [0.4, 0.5) is 0 Å². The summed E-state index contributed by atoms with van der Waals surface area (Å²) in [5.41, 5.74) is 2.24. The number of hydrogen-bond donors (Lipinski definition) is 1. The molecule has 2 aromatic rings. The van der Waals surface area contributed by atoms with Gasteiger partial charge in [0, 0.05) is 5.02 Å². The number of carboxylic acids is 1. The van der Waals surface area contributed by atoms with Crippen LogP contribution in [0.3, 0.4) is 0 Å². The van der Waals surface area contributed by atoms with Gasteiger partial charge >= 0.3 is 5.97 Å². The van der Waals surface area contributed by atoms with Crippen LogP contribution in [-0.2, 0) is 0 Å². The molecule has 1 N–H and O–H groups in total. The fourth-order valence-corrected chi connectivity index (χ4v) is 1.74. The minimum absolute atomic E-state index is 0.287. The molecule has 0 aliphatic carbocycles. The molecule has 0 spiro atoms. The van der Waals surface area contributed by atoms with Crippen molar-refractivity contribution in [2.24, 2.45) is 0 Å². The standard InChI is InChI=1S/C15H11ClO2/c16-14-3-1-2-12(10-14)5-4-11-6-8-13(9-7-11)15(17)18/h1-10H,(H,17,18)/b5-4-. The van der Waals surface area contributed by atoms with Crippen LogP contribution in [0.1, 0.15) is 21.5 Å². The average molecular weight is 259 g/mol. The molecule has 0 aliphatic rings. The van der Waals surface area contributed by atoms with Crippen molar-refractivity contribution in [1.29, 1.82) is 0 Å². The molecule has 0 saturated heterocycles. The Balaban J connectivity index is 2.16. The van der Waals surface area contributed by atoms with Crippen molar-refractivity contribution >= 4 is 29.7 Å². The number of halogens is 1. The maximum atomic E-state index is 10.7. The molecular weight excluding hydrogens is 248 g/mol. The van der Waals surface area contributed by atoms with Crippen LogP contribution < -0.4 is 0 Å². The van der Waals surface area contributed by atoms with Crippen LogP contribution in [0.2, 0.25) is 5.02 Å². The molecule has 18 heavy (non-hydrogen) atoms. The quantitative estimate of drug-likeness (QED) is 0.838. The van der Waals surface area contributed by atoms with Gasteiger partial charge in [-0.05, 0) is 35.4 Å². The SMILES string of the molecule is O=C(O)c1ccc(/C=C\c2cccc(Cl)c2)cc1. The molecule has 2 nitrogen and oxygen atoms in total. The van der Waals surface area contributed by atoms with Crippen LogP contribution in [0.25, 0.3) is 12.2 Å². The van der Waals surface area contributed by atoms with Crippen molar-refractivity contribution in [3.05, 3.63) is 70.2 Å². The summed E-state index contributed by atoms with van der Waals surface area (Å²) >= 11 is 5.88. The van der Waals surface area contributed by atoms with Crippen LogP contribution in [-0.4, -0.2) is 11.1 Å². The van der Waals surface area contributed by atoms with E-state index < -0.39 is 5.97 Å². The number of hydrogen-bond acceptors (Lipinski definition) is 1. The highest BCUT2D eigenvalue weighted by Crippen LogP contribution is 2.14. The van der Waals surface area contributed by atoms with Gasteiger partial charge in [0.1, 0.15) is 0 Å². The number of carboxylic acid groups (broad SMARTS) is 1. The van der Waals surface area contributed by atoms with Crippen molar-refractivity contribution in [2.75, 3.05) is 0 Å². The lowest BCUT2D eigenvalue weighted by Crippen LogP contribution is -1.94. The Morgan fingerprint density at radius 1 is 1.00 bits per heavy atom. The van der Waals surface area contributed by atoms with Gasteiger partial charge in [-0.2, -0.15) is 0 Å². The van der Waals surface area contributed by atoms with Crippen LogP contribution in [0.5, 0.6) is 0 Å². The summed E-state index contributed by atoms with van der Waals surface area (Å²) < 4.78 is 0. The second kappa shape index (κ2) is 5.52. The molecule has 0 radical (unpaired) electrons. The molecular formula is C15H11ClO2. The molecule has 0 bridgehead atoms. The number of carbonyl (C=O) groups is 1. The van der Waals surface area contributed by atoms with E-state index >= 15 is 0 Å². The first kappa shape index (κ1) is 12.4. The van der Waals surface area contributed by atoms with Crippen molar-refractivity contribution in [3.63, 3.8) is 0 Å². The first-order valence-electron chi connectivity index (χ1n) is 5.42. The van der Waals surface area contributed by atoms with E-state index in [2.05, 4.69) is 0 Å². The van der Waals surface area contributed by atoms with Crippen LogP contribution >= 0.6 is 11.6 Å². The van der Waals surface area contributed by atoms with Gasteiger partial charge in [-0.25, -0.2) is 4.79 Å². The summed E-state index contributed by atoms with van der Waals surface area (Å²) in [6.45, 7) is 0. The monoisotopic (exact) mass is 258 g/mol. The second-order valence-electron chi connectivity index (χ2n) is 3.82. The smallest absolute Gasteiger partial charge is 0.335 e. The van der Waals surface area contributed by atoms with E-state index in [-0.39, 0.29) is 5.56 Å². The fourth-order valence-electron chi connectivity index (χ4n) is 1.54. The number of aromatic carboxylic acids is 1. The topological polar surface area (TPSA) is 37.3 Å². The molecule has 2 rings (SSSR count). The summed E-state index contributed by atoms with van der Waals surface area (Å²) in [7, 11) is 0. The number of benzene rings is 2. The van der Waals surface area contributed by atoms with Gasteiger partial charge in [0.2, 0.25) is 0 Å². The Labute approximate surface area is 110 Å². The van der Waals surface area contributed by atoms with Gasteiger partial charge in [0.05, 0.1) is 5.56 Å². The van der Waals surface area contributed by atoms with Crippen molar-refractivity contribution in [3.8, 4) is 0 Å². The summed E-state index contributed by atoms with van der Waals surface area (Å²) in [4.78, 5) is 10.7. The molecule has 90 valence electrons.